The molecule has 1 heterocycles. The van der Waals surface area contributed by atoms with Crippen molar-refractivity contribution in [2.75, 3.05) is 42.3 Å². The third-order valence-corrected chi connectivity index (χ3v) is 1.92. The summed E-state index contributed by atoms with van der Waals surface area (Å²) in [6.07, 6.45) is 6.45. The Bertz CT molecular complexity index is 284. The molecule has 0 unspecified atom stereocenters. The second-order valence-electron chi connectivity index (χ2n) is 6.31. The van der Waals surface area contributed by atoms with Crippen LogP contribution in [0.2, 0.25) is 0 Å². The largest absolute Gasteiger partial charge is 0.295 e. The van der Waals surface area contributed by atoms with Crippen LogP contribution in [0, 0.1) is 0 Å². The van der Waals surface area contributed by atoms with Crippen LogP contribution >= 0.6 is 0 Å². The first-order valence-corrected chi connectivity index (χ1v) is 5.31. The zero-order valence-electron chi connectivity index (χ0n) is 10.9. The van der Waals surface area contributed by atoms with Crippen LogP contribution in [0.1, 0.15) is 0 Å². The third kappa shape index (κ3) is 4.95. The van der Waals surface area contributed by atoms with Crippen molar-refractivity contribution in [1.29, 1.82) is 0 Å². The molecule has 86 valence electrons. The minimum Gasteiger partial charge on any atom is -0.295 e. The average molecular weight is 213 g/mol. The molecule has 0 aliphatic carbocycles. The summed E-state index contributed by atoms with van der Waals surface area (Å²) < 4.78 is 6.35. The summed E-state index contributed by atoms with van der Waals surface area (Å²) in [4.78, 5) is 0. The average Bonchev–Trinajstić information content (AvgIpc) is 2.28. The zero-order valence-corrected chi connectivity index (χ0v) is 10.9. The molecule has 0 aliphatic heterocycles. The van der Waals surface area contributed by atoms with Gasteiger partial charge in [-0.15, -0.1) is 0 Å². The first kappa shape index (κ1) is 12.2. The quantitative estimate of drug-likeness (QED) is 0.496. The summed E-state index contributed by atoms with van der Waals surface area (Å²) >= 11 is 0. The van der Waals surface area contributed by atoms with Crippen LogP contribution in [0.3, 0.4) is 0 Å². The number of quaternary nitrogens is 2. The molecular formula is C11H25N4+3. The van der Waals surface area contributed by atoms with Gasteiger partial charge in [0.1, 0.15) is 12.4 Å². The zero-order chi connectivity index (χ0) is 11.7. The van der Waals surface area contributed by atoms with Gasteiger partial charge in [0, 0.05) is 0 Å². The summed E-state index contributed by atoms with van der Waals surface area (Å²) in [7, 11) is 13.2. The van der Waals surface area contributed by atoms with Crippen LogP contribution in [0.4, 0.5) is 0 Å². The fourth-order valence-electron chi connectivity index (χ4n) is 1.59. The third-order valence-electron chi connectivity index (χ3n) is 1.92. The maximum atomic E-state index is 2.23. The van der Waals surface area contributed by atoms with E-state index < -0.39 is 0 Å². The van der Waals surface area contributed by atoms with Crippen LogP contribution in [-0.4, -0.2) is 55.8 Å². The van der Waals surface area contributed by atoms with Crippen molar-refractivity contribution in [3.8, 4) is 0 Å². The van der Waals surface area contributed by atoms with Gasteiger partial charge in [-0.2, -0.15) is 9.13 Å². The summed E-state index contributed by atoms with van der Waals surface area (Å²) in [5.74, 6) is 0. The molecule has 0 aliphatic rings. The van der Waals surface area contributed by atoms with E-state index in [1.54, 1.807) is 0 Å². The van der Waals surface area contributed by atoms with Crippen molar-refractivity contribution in [2.45, 2.75) is 13.3 Å². The van der Waals surface area contributed by atoms with Crippen molar-refractivity contribution in [2.24, 2.45) is 0 Å². The maximum Gasteiger partial charge on any atom is 0.252 e. The molecule has 0 spiro atoms. The van der Waals surface area contributed by atoms with E-state index >= 15 is 0 Å². The molecule has 0 aromatic carbocycles. The molecule has 1 rings (SSSR count). The molecule has 15 heavy (non-hydrogen) atoms. The SMILES string of the molecule is C[N+](C)(C)Cn1cc[n+](C[N+](C)(C)C)c1. The monoisotopic (exact) mass is 213 g/mol. The summed E-state index contributed by atoms with van der Waals surface area (Å²) in [5, 5.41) is 0. The molecule has 0 amide bonds. The molecule has 4 heteroatoms. The van der Waals surface area contributed by atoms with Gasteiger partial charge >= 0.3 is 0 Å². The van der Waals surface area contributed by atoms with Crippen LogP contribution in [-0.2, 0) is 13.3 Å². The normalized spacial score (nSPS) is 13.2. The Balaban J connectivity index is 2.65. The van der Waals surface area contributed by atoms with Crippen LogP contribution in [0.5, 0.6) is 0 Å². The molecule has 0 N–H and O–H groups in total. The molecule has 0 fully saturated rings. The van der Waals surface area contributed by atoms with Crippen LogP contribution in [0.15, 0.2) is 18.7 Å². The van der Waals surface area contributed by atoms with Crippen molar-refractivity contribution >= 4 is 0 Å². The second kappa shape index (κ2) is 3.94. The molecule has 0 saturated carbocycles. The number of nitrogens with zero attached hydrogens (tertiary/aromatic N) is 4. The predicted molar refractivity (Wildman–Crippen MR) is 60.7 cm³/mol. The number of hydrogen-bond acceptors (Lipinski definition) is 0. The Morgan fingerprint density at radius 2 is 1.60 bits per heavy atom. The fraction of sp³-hybridized carbons (Fsp3) is 0.727. The van der Waals surface area contributed by atoms with Gasteiger partial charge in [-0.05, 0) is 0 Å². The second-order valence-corrected chi connectivity index (χ2v) is 6.31. The highest BCUT2D eigenvalue weighted by molar-refractivity contribution is 4.63. The minimum absolute atomic E-state index is 0.944. The van der Waals surface area contributed by atoms with E-state index in [0.717, 1.165) is 22.3 Å². The highest BCUT2D eigenvalue weighted by Gasteiger charge is 2.16. The summed E-state index contributed by atoms with van der Waals surface area (Å²) in [6.45, 7) is 2.01. The van der Waals surface area contributed by atoms with Crippen molar-refractivity contribution in [3.05, 3.63) is 18.7 Å². The lowest BCUT2D eigenvalue weighted by atomic mass is 10.7. The van der Waals surface area contributed by atoms with E-state index in [-0.39, 0.29) is 0 Å². The summed E-state index contributed by atoms with van der Waals surface area (Å²) in [5.41, 5.74) is 0. The number of aromatic nitrogens is 2. The standard InChI is InChI=1S/C11H25N4/c1-14(2,3)10-12-7-8-13(9-12)11-15(4,5)6/h7-9H,10-11H2,1-6H3/q+3. The Labute approximate surface area is 93.1 Å². The van der Waals surface area contributed by atoms with Crippen LogP contribution < -0.4 is 4.57 Å². The van der Waals surface area contributed by atoms with Crippen molar-refractivity contribution < 1.29 is 13.5 Å². The van der Waals surface area contributed by atoms with Crippen molar-refractivity contribution in [1.82, 2.24) is 4.57 Å². The Kier molecular flexibility index (Phi) is 3.21. The van der Waals surface area contributed by atoms with E-state index in [0.29, 0.717) is 0 Å². The lowest BCUT2D eigenvalue weighted by molar-refractivity contribution is -1.02. The van der Waals surface area contributed by atoms with Gasteiger partial charge in [0.15, 0.2) is 0 Å². The molecule has 0 saturated heterocycles. The van der Waals surface area contributed by atoms with E-state index in [1.165, 1.54) is 0 Å². The maximum absolute atomic E-state index is 2.23. The minimum atomic E-state index is 0.944. The number of hydrogen-bond donors (Lipinski definition) is 0. The van der Waals surface area contributed by atoms with Gasteiger partial charge in [0.25, 0.3) is 6.33 Å². The van der Waals surface area contributed by atoms with Gasteiger partial charge in [-0.25, -0.2) is 0 Å². The Morgan fingerprint density at radius 1 is 1.00 bits per heavy atom. The van der Waals surface area contributed by atoms with E-state index in [4.69, 9.17) is 0 Å². The fourth-order valence-corrected chi connectivity index (χ4v) is 1.59. The lowest BCUT2D eigenvalue weighted by Gasteiger charge is -2.21. The molecule has 0 atom stereocenters. The Hall–Kier alpha value is -0.870. The Morgan fingerprint density at radius 3 is 2.07 bits per heavy atom. The first-order valence-electron chi connectivity index (χ1n) is 5.31. The molecule has 0 radical (unpaired) electrons. The predicted octanol–water partition coefficient (Wildman–Crippen LogP) is 0.103. The van der Waals surface area contributed by atoms with Gasteiger partial charge < -0.3 is 0 Å². The molecule has 1 aromatic rings. The lowest BCUT2D eigenvalue weighted by Crippen LogP contribution is -2.49. The molecule has 0 bridgehead atoms. The number of rotatable bonds is 4. The number of imidazole rings is 1. The van der Waals surface area contributed by atoms with Gasteiger partial charge in [-0.3, -0.25) is 8.97 Å². The summed E-state index contributed by atoms with van der Waals surface area (Å²) in [6, 6.07) is 0. The van der Waals surface area contributed by atoms with Crippen LogP contribution in [0.25, 0.3) is 0 Å². The van der Waals surface area contributed by atoms with Gasteiger partial charge in [0.2, 0.25) is 13.3 Å². The molecule has 4 nitrogen and oxygen atoms in total. The van der Waals surface area contributed by atoms with Gasteiger partial charge in [-0.1, -0.05) is 0 Å². The smallest absolute Gasteiger partial charge is 0.252 e. The van der Waals surface area contributed by atoms with E-state index in [1.807, 2.05) is 0 Å². The molecule has 1 aromatic heterocycles. The van der Waals surface area contributed by atoms with E-state index in [2.05, 4.69) is 70.1 Å². The van der Waals surface area contributed by atoms with Gasteiger partial charge in [0.05, 0.1) is 42.3 Å². The molecular weight excluding hydrogens is 188 g/mol. The topological polar surface area (TPSA) is 8.81 Å². The highest BCUT2D eigenvalue weighted by atomic mass is 15.4. The first-order chi connectivity index (χ1) is 6.66. The highest BCUT2D eigenvalue weighted by Crippen LogP contribution is 1.96. The van der Waals surface area contributed by atoms with E-state index in [9.17, 15) is 0 Å². The van der Waals surface area contributed by atoms with Crippen molar-refractivity contribution in [3.63, 3.8) is 0 Å².